The minimum atomic E-state index is -1.30. The number of carboxylic acid groups (broad SMARTS) is 1. The predicted molar refractivity (Wildman–Crippen MR) is 119 cm³/mol. The van der Waals surface area contributed by atoms with Gasteiger partial charge in [0.15, 0.2) is 0 Å². The van der Waals surface area contributed by atoms with Crippen molar-refractivity contribution >= 4 is 48.1 Å². The van der Waals surface area contributed by atoms with Crippen molar-refractivity contribution in [3.8, 4) is 0 Å². The number of carbonyl (C=O) groups is 6. The summed E-state index contributed by atoms with van der Waals surface area (Å²) in [6.07, 6.45) is -0.587. The predicted octanol–water partition coefficient (Wildman–Crippen LogP) is -1.56. The third kappa shape index (κ3) is 15.0. The molecule has 0 aliphatic heterocycles. The highest BCUT2D eigenvalue weighted by Gasteiger charge is 2.26. The van der Waals surface area contributed by atoms with Gasteiger partial charge in [0.25, 0.3) is 0 Å². The van der Waals surface area contributed by atoms with Crippen LogP contribution in [0.4, 0.5) is 0 Å². The number of carbonyl (C=O) groups excluding carboxylic acids is 5. The average molecular weight is 476 g/mol. The second kappa shape index (κ2) is 14.3. The average Bonchev–Trinajstić information content (AvgIpc) is 2.62. The van der Waals surface area contributed by atoms with Crippen LogP contribution >= 0.6 is 12.6 Å². The smallest absolute Gasteiger partial charge is 0.303 e. The molecule has 12 nitrogen and oxygen atoms in total. The molecule has 0 aromatic carbocycles. The van der Waals surface area contributed by atoms with Crippen LogP contribution in [0, 0.1) is 0 Å². The number of aliphatic carboxylic acids is 1. The van der Waals surface area contributed by atoms with Crippen molar-refractivity contribution in [2.45, 2.75) is 69.7 Å². The Hall–Kier alpha value is -2.83. The van der Waals surface area contributed by atoms with E-state index in [0.29, 0.717) is 0 Å². The highest BCUT2D eigenvalue weighted by molar-refractivity contribution is 7.81. The Morgan fingerprint density at radius 1 is 0.938 bits per heavy atom. The van der Waals surface area contributed by atoms with Crippen LogP contribution < -0.4 is 27.0 Å². The SMILES string of the molecule is C[C@H](NC(=O)[C@H](CC(N)=O)NC(=O)CCCC(=O)O)C(=O)NCCNC(=O)CC(C)(C)S. The van der Waals surface area contributed by atoms with Gasteiger partial charge in [-0.3, -0.25) is 28.8 Å². The van der Waals surface area contributed by atoms with Crippen LogP contribution in [0.1, 0.15) is 52.9 Å². The van der Waals surface area contributed by atoms with E-state index in [1.165, 1.54) is 6.92 Å². The van der Waals surface area contributed by atoms with Gasteiger partial charge in [-0.25, -0.2) is 0 Å². The summed E-state index contributed by atoms with van der Waals surface area (Å²) in [6, 6.07) is -2.29. The molecule has 0 spiro atoms. The first kappa shape index (κ1) is 29.2. The van der Waals surface area contributed by atoms with Gasteiger partial charge in [0.2, 0.25) is 29.5 Å². The summed E-state index contributed by atoms with van der Waals surface area (Å²) < 4.78 is -0.459. The van der Waals surface area contributed by atoms with E-state index in [2.05, 4.69) is 33.9 Å². The molecule has 7 N–H and O–H groups in total. The molecule has 0 saturated carbocycles. The molecule has 13 heteroatoms. The van der Waals surface area contributed by atoms with Crippen LogP contribution in [0.25, 0.3) is 0 Å². The fourth-order valence-corrected chi connectivity index (χ4v) is 2.60. The monoisotopic (exact) mass is 475 g/mol. The van der Waals surface area contributed by atoms with Crippen LogP contribution in [0.2, 0.25) is 0 Å². The molecule has 2 atom stereocenters. The summed E-state index contributed by atoms with van der Waals surface area (Å²) in [6.45, 7) is 5.32. The maximum atomic E-state index is 12.4. The van der Waals surface area contributed by atoms with E-state index < -0.39 is 52.8 Å². The summed E-state index contributed by atoms with van der Waals surface area (Å²) >= 11 is 4.26. The van der Waals surface area contributed by atoms with E-state index in [-0.39, 0.29) is 44.7 Å². The third-order valence-electron chi connectivity index (χ3n) is 3.94. The fourth-order valence-electron chi connectivity index (χ4n) is 2.45. The Balaban J connectivity index is 4.55. The maximum Gasteiger partial charge on any atom is 0.303 e. The maximum absolute atomic E-state index is 12.4. The molecule has 0 bridgehead atoms. The number of nitrogens with two attached hydrogens (primary N) is 1. The first-order valence-corrected chi connectivity index (χ1v) is 10.5. The standard InChI is InChI=1S/C19H33N5O7S/c1-11(17(30)22-8-7-21-15(27)10-19(2,3)32)23-18(31)12(9-13(20)25)24-14(26)5-4-6-16(28)29/h11-12,32H,4-10H2,1-3H3,(H2,20,25)(H,21,27)(H,22,30)(H,23,31)(H,24,26)(H,28,29)/t11-,12-/m0/s1. The molecule has 182 valence electrons. The van der Waals surface area contributed by atoms with Gasteiger partial charge < -0.3 is 32.1 Å². The fraction of sp³-hybridized carbons (Fsp3) is 0.684. The van der Waals surface area contributed by atoms with E-state index in [0.717, 1.165) is 0 Å². The number of carboxylic acids is 1. The second-order valence-electron chi connectivity index (χ2n) is 7.90. The van der Waals surface area contributed by atoms with Crippen molar-refractivity contribution in [1.29, 1.82) is 0 Å². The Bertz CT molecular complexity index is 709. The number of primary amides is 1. The van der Waals surface area contributed by atoms with Gasteiger partial charge in [-0.15, -0.1) is 0 Å². The third-order valence-corrected chi connectivity index (χ3v) is 4.10. The number of rotatable bonds is 15. The van der Waals surface area contributed by atoms with E-state index >= 15 is 0 Å². The largest absolute Gasteiger partial charge is 0.481 e. The zero-order valence-electron chi connectivity index (χ0n) is 18.5. The van der Waals surface area contributed by atoms with Gasteiger partial charge in [-0.05, 0) is 13.3 Å². The van der Waals surface area contributed by atoms with Crippen molar-refractivity contribution in [3.63, 3.8) is 0 Å². The zero-order chi connectivity index (χ0) is 24.9. The quantitative estimate of drug-likeness (QED) is 0.110. The lowest BCUT2D eigenvalue weighted by Gasteiger charge is -2.20. The van der Waals surface area contributed by atoms with Crippen LogP contribution in [0.15, 0.2) is 0 Å². The molecule has 0 aliphatic rings. The van der Waals surface area contributed by atoms with Gasteiger partial charge in [0.05, 0.1) is 6.42 Å². The van der Waals surface area contributed by atoms with Crippen molar-refractivity contribution in [1.82, 2.24) is 21.3 Å². The summed E-state index contributed by atoms with van der Waals surface area (Å²) in [5, 5.41) is 18.5. The Kier molecular flexibility index (Phi) is 13.0. The van der Waals surface area contributed by atoms with Crippen LogP contribution in [0.5, 0.6) is 0 Å². The van der Waals surface area contributed by atoms with Crippen molar-refractivity contribution < 1.29 is 33.9 Å². The number of hydrogen-bond donors (Lipinski definition) is 7. The zero-order valence-corrected chi connectivity index (χ0v) is 19.4. The summed E-state index contributed by atoms with van der Waals surface area (Å²) in [7, 11) is 0. The normalized spacial score (nSPS) is 12.8. The Morgan fingerprint density at radius 2 is 1.53 bits per heavy atom. The number of thiol groups is 1. The highest BCUT2D eigenvalue weighted by Crippen LogP contribution is 2.15. The molecule has 0 unspecified atom stereocenters. The lowest BCUT2D eigenvalue weighted by atomic mass is 10.1. The minimum absolute atomic E-state index is 0.0624. The van der Waals surface area contributed by atoms with Crippen molar-refractivity contribution in [2.24, 2.45) is 5.73 Å². The minimum Gasteiger partial charge on any atom is -0.481 e. The van der Waals surface area contributed by atoms with E-state index in [9.17, 15) is 28.8 Å². The lowest BCUT2D eigenvalue weighted by Crippen LogP contribution is -2.54. The van der Waals surface area contributed by atoms with Crippen LogP contribution in [-0.2, 0) is 28.8 Å². The van der Waals surface area contributed by atoms with E-state index in [1.807, 2.05) is 0 Å². The molecule has 0 heterocycles. The Labute approximate surface area is 192 Å². The van der Waals surface area contributed by atoms with Gasteiger partial charge >= 0.3 is 5.97 Å². The molecule has 0 rings (SSSR count). The number of nitrogens with one attached hydrogen (secondary N) is 4. The molecular weight excluding hydrogens is 442 g/mol. The molecule has 0 aliphatic carbocycles. The lowest BCUT2D eigenvalue weighted by molar-refractivity contribution is -0.137. The molecule has 0 saturated heterocycles. The van der Waals surface area contributed by atoms with Gasteiger partial charge in [0, 0.05) is 37.1 Å². The number of hydrogen-bond acceptors (Lipinski definition) is 7. The van der Waals surface area contributed by atoms with Crippen molar-refractivity contribution in [3.05, 3.63) is 0 Å². The molecule has 5 amide bonds. The van der Waals surface area contributed by atoms with Gasteiger partial charge in [0.1, 0.15) is 12.1 Å². The molecule has 0 aromatic heterocycles. The summed E-state index contributed by atoms with van der Waals surface area (Å²) in [5.41, 5.74) is 5.11. The molecular formula is C19H33N5O7S. The summed E-state index contributed by atoms with van der Waals surface area (Å²) in [5.74, 6) is -4.06. The number of amides is 5. The van der Waals surface area contributed by atoms with Crippen LogP contribution in [0.3, 0.4) is 0 Å². The molecule has 0 aromatic rings. The van der Waals surface area contributed by atoms with Crippen molar-refractivity contribution in [2.75, 3.05) is 13.1 Å². The van der Waals surface area contributed by atoms with E-state index in [1.54, 1.807) is 13.8 Å². The molecule has 0 radical (unpaired) electrons. The van der Waals surface area contributed by atoms with Gasteiger partial charge in [-0.2, -0.15) is 12.6 Å². The summed E-state index contributed by atoms with van der Waals surface area (Å²) in [4.78, 5) is 69.9. The Morgan fingerprint density at radius 3 is 2.06 bits per heavy atom. The molecule has 32 heavy (non-hydrogen) atoms. The van der Waals surface area contributed by atoms with Gasteiger partial charge in [-0.1, -0.05) is 13.8 Å². The first-order chi connectivity index (χ1) is 14.7. The first-order valence-electron chi connectivity index (χ1n) is 10.1. The molecule has 0 fully saturated rings. The van der Waals surface area contributed by atoms with E-state index in [4.69, 9.17) is 10.8 Å². The second-order valence-corrected chi connectivity index (χ2v) is 9.11. The highest BCUT2D eigenvalue weighted by atomic mass is 32.1. The van der Waals surface area contributed by atoms with Crippen LogP contribution in [-0.4, -0.2) is 70.5 Å². The topological polar surface area (TPSA) is 197 Å².